The lowest BCUT2D eigenvalue weighted by molar-refractivity contribution is -0.135. The summed E-state index contributed by atoms with van der Waals surface area (Å²) >= 11 is 0. The first-order chi connectivity index (χ1) is 7.62. The zero-order valence-electron chi connectivity index (χ0n) is 11.5. The number of hydrogen-bond acceptors (Lipinski definition) is 4. The van der Waals surface area contributed by atoms with Crippen molar-refractivity contribution < 1.29 is 13.2 Å². The second kappa shape index (κ2) is 6.35. The zero-order valence-corrected chi connectivity index (χ0v) is 12.3. The molecule has 102 valence electrons. The van der Waals surface area contributed by atoms with Crippen molar-refractivity contribution in [3.8, 4) is 0 Å². The maximum atomic E-state index is 12.0. The lowest BCUT2D eigenvalue weighted by atomic mass is 10.1. The molecule has 3 unspecified atom stereocenters. The van der Waals surface area contributed by atoms with Crippen LogP contribution in [0.3, 0.4) is 0 Å². The molecule has 17 heavy (non-hydrogen) atoms. The van der Waals surface area contributed by atoms with Crippen LogP contribution in [0.1, 0.15) is 20.8 Å². The Bertz CT molecular complexity index is 354. The van der Waals surface area contributed by atoms with E-state index in [0.717, 1.165) is 0 Å². The second-order valence-corrected chi connectivity index (χ2v) is 7.09. The van der Waals surface area contributed by atoms with E-state index in [4.69, 9.17) is 0 Å². The molecule has 0 radical (unpaired) electrons. The number of amides is 1. The number of nitrogens with zero attached hydrogens (tertiary/aromatic N) is 1. The van der Waals surface area contributed by atoms with Crippen LogP contribution in [0.4, 0.5) is 0 Å². The first-order valence-electron chi connectivity index (χ1n) is 5.73. The molecule has 0 aliphatic heterocycles. The van der Waals surface area contributed by atoms with Crippen molar-refractivity contribution in [1.82, 2.24) is 10.2 Å². The molecule has 0 aromatic rings. The van der Waals surface area contributed by atoms with Crippen molar-refractivity contribution in [2.45, 2.75) is 32.1 Å². The van der Waals surface area contributed by atoms with Gasteiger partial charge in [-0.15, -0.1) is 0 Å². The number of hydrogen-bond donors (Lipinski definition) is 1. The fourth-order valence-electron chi connectivity index (χ4n) is 1.61. The van der Waals surface area contributed by atoms with Crippen molar-refractivity contribution in [2.75, 3.05) is 26.9 Å². The van der Waals surface area contributed by atoms with Crippen LogP contribution < -0.4 is 5.32 Å². The molecule has 0 fully saturated rings. The number of carbonyl (C=O) groups excluding carboxylic acids is 1. The fourth-order valence-corrected chi connectivity index (χ4v) is 2.51. The lowest BCUT2D eigenvalue weighted by Gasteiger charge is -2.31. The van der Waals surface area contributed by atoms with Crippen molar-refractivity contribution >= 4 is 15.7 Å². The monoisotopic (exact) mass is 264 g/mol. The molecule has 0 aromatic carbocycles. The average molecular weight is 264 g/mol. The molecule has 0 rings (SSSR count). The molecule has 0 heterocycles. The van der Waals surface area contributed by atoms with Crippen LogP contribution in [0.25, 0.3) is 0 Å². The SMILES string of the molecule is CNCC(C)C(=O)N(C)C(C)C(C)S(C)(=O)=O. The van der Waals surface area contributed by atoms with E-state index in [1.165, 1.54) is 11.2 Å². The summed E-state index contributed by atoms with van der Waals surface area (Å²) in [7, 11) is 0.310. The largest absolute Gasteiger partial charge is 0.341 e. The summed E-state index contributed by atoms with van der Waals surface area (Å²) in [6.45, 7) is 5.80. The smallest absolute Gasteiger partial charge is 0.226 e. The maximum Gasteiger partial charge on any atom is 0.226 e. The van der Waals surface area contributed by atoms with Gasteiger partial charge in [0.05, 0.1) is 5.25 Å². The number of rotatable bonds is 6. The third kappa shape index (κ3) is 4.63. The van der Waals surface area contributed by atoms with Gasteiger partial charge in [0, 0.05) is 31.8 Å². The van der Waals surface area contributed by atoms with Gasteiger partial charge in [0.1, 0.15) is 0 Å². The molecule has 1 amide bonds. The minimum absolute atomic E-state index is 0.0395. The van der Waals surface area contributed by atoms with Gasteiger partial charge in [0.25, 0.3) is 0 Å². The summed E-state index contributed by atoms with van der Waals surface area (Å²) in [5.74, 6) is -0.193. The summed E-state index contributed by atoms with van der Waals surface area (Å²) in [6.07, 6.45) is 1.20. The summed E-state index contributed by atoms with van der Waals surface area (Å²) in [5, 5.41) is 2.38. The van der Waals surface area contributed by atoms with Crippen molar-refractivity contribution in [2.24, 2.45) is 5.92 Å². The van der Waals surface area contributed by atoms with E-state index in [-0.39, 0.29) is 17.9 Å². The third-order valence-corrected chi connectivity index (χ3v) is 4.99. The van der Waals surface area contributed by atoms with Gasteiger partial charge in [-0.3, -0.25) is 4.79 Å². The van der Waals surface area contributed by atoms with E-state index < -0.39 is 15.1 Å². The van der Waals surface area contributed by atoms with Crippen molar-refractivity contribution in [3.63, 3.8) is 0 Å². The Morgan fingerprint density at radius 2 is 1.76 bits per heavy atom. The van der Waals surface area contributed by atoms with E-state index in [9.17, 15) is 13.2 Å². The minimum atomic E-state index is -3.13. The Hall–Kier alpha value is -0.620. The summed E-state index contributed by atoms with van der Waals surface area (Å²) in [5.41, 5.74) is 0. The van der Waals surface area contributed by atoms with Crippen LogP contribution in [0.2, 0.25) is 0 Å². The highest BCUT2D eigenvalue weighted by Crippen LogP contribution is 2.12. The molecule has 0 aliphatic carbocycles. The van der Waals surface area contributed by atoms with Gasteiger partial charge in [-0.25, -0.2) is 8.42 Å². The first kappa shape index (κ1) is 16.4. The summed E-state index contributed by atoms with van der Waals surface area (Å²) in [6, 6.07) is -0.322. The Kier molecular flexibility index (Phi) is 6.12. The number of carbonyl (C=O) groups is 1. The topological polar surface area (TPSA) is 66.5 Å². The minimum Gasteiger partial charge on any atom is -0.341 e. The highest BCUT2D eigenvalue weighted by molar-refractivity contribution is 7.91. The van der Waals surface area contributed by atoms with Crippen LogP contribution in [-0.2, 0) is 14.6 Å². The predicted molar refractivity (Wildman–Crippen MR) is 69.6 cm³/mol. The molecule has 0 saturated heterocycles. The van der Waals surface area contributed by atoms with E-state index in [1.807, 2.05) is 6.92 Å². The highest BCUT2D eigenvalue weighted by atomic mass is 32.2. The van der Waals surface area contributed by atoms with Crippen LogP contribution >= 0.6 is 0 Å². The molecular weight excluding hydrogens is 240 g/mol. The highest BCUT2D eigenvalue weighted by Gasteiger charge is 2.29. The Morgan fingerprint density at radius 3 is 2.12 bits per heavy atom. The van der Waals surface area contributed by atoms with Gasteiger partial charge < -0.3 is 10.2 Å². The molecule has 0 bridgehead atoms. The molecular formula is C11H24N2O3S. The van der Waals surface area contributed by atoms with Crippen molar-refractivity contribution in [3.05, 3.63) is 0 Å². The van der Waals surface area contributed by atoms with Gasteiger partial charge in [-0.05, 0) is 20.9 Å². The second-order valence-electron chi connectivity index (χ2n) is 4.68. The Morgan fingerprint density at radius 1 is 1.29 bits per heavy atom. The van der Waals surface area contributed by atoms with Crippen LogP contribution in [0.5, 0.6) is 0 Å². The summed E-state index contributed by atoms with van der Waals surface area (Å²) < 4.78 is 22.9. The predicted octanol–water partition coefficient (Wildman–Crippen LogP) is 0.122. The van der Waals surface area contributed by atoms with Gasteiger partial charge in [-0.1, -0.05) is 6.92 Å². The molecule has 6 heteroatoms. The van der Waals surface area contributed by atoms with Crippen molar-refractivity contribution in [1.29, 1.82) is 0 Å². The normalized spacial score (nSPS) is 17.3. The molecule has 0 aromatic heterocycles. The molecule has 1 N–H and O–H groups in total. The molecule has 5 nitrogen and oxygen atoms in total. The first-order valence-corrected chi connectivity index (χ1v) is 7.68. The fraction of sp³-hybridized carbons (Fsp3) is 0.909. The third-order valence-electron chi connectivity index (χ3n) is 3.25. The molecule has 3 atom stereocenters. The van der Waals surface area contributed by atoms with E-state index in [2.05, 4.69) is 5.32 Å². The Labute approximate surface area is 104 Å². The number of nitrogens with one attached hydrogen (secondary N) is 1. The van der Waals surface area contributed by atoms with Gasteiger partial charge in [-0.2, -0.15) is 0 Å². The van der Waals surface area contributed by atoms with Crippen LogP contribution in [-0.4, -0.2) is 57.4 Å². The van der Waals surface area contributed by atoms with E-state index in [0.29, 0.717) is 6.54 Å². The zero-order chi connectivity index (χ0) is 13.8. The van der Waals surface area contributed by atoms with E-state index in [1.54, 1.807) is 27.9 Å². The van der Waals surface area contributed by atoms with Crippen LogP contribution in [0, 0.1) is 5.92 Å². The maximum absolute atomic E-state index is 12.0. The van der Waals surface area contributed by atoms with E-state index >= 15 is 0 Å². The lowest BCUT2D eigenvalue weighted by Crippen LogP contribution is -2.47. The molecule has 0 spiro atoms. The number of sulfone groups is 1. The Balaban J connectivity index is 4.71. The quantitative estimate of drug-likeness (QED) is 0.740. The standard InChI is InChI=1S/C11H24N2O3S/c1-8(7-12-4)11(14)13(5)9(2)10(3)17(6,15)16/h8-10,12H,7H2,1-6H3. The van der Waals surface area contributed by atoms with Gasteiger partial charge in [0.15, 0.2) is 9.84 Å². The molecule has 0 saturated carbocycles. The van der Waals surface area contributed by atoms with Gasteiger partial charge in [0.2, 0.25) is 5.91 Å². The molecule has 0 aliphatic rings. The summed E-state index contributed by atoms with van der Waals surface area (Å²) in [4.78, 5) is 13.5. The average Bonchev–Trinajstić information content (AvgIpc) is 2.24. The van der Waals surface area contributed by atoms with Crippen LogP contribution in [0.15, 0.2) is 0 Å². The van der Waals surface area contributed by atoms with Gasteiger partial charge >= 0.3 is 0 Å².